The van der Waals surface area contributed by atoms with Gasteiger partial charge in [0.25, 0.3) is 0 Å². The minimum Gasteiger partial charge on any atom is -0.354 e. The maximum Gasteiger partial charge on any atom is 0.244 e. The van der Waals surface area contributed by atoms with E-state index in [0.29, 0.717) is 22.8 Å². The number of halogens is 1. The van der Waals surface area contributed by atoms with Crippen LogP contribution < -0.4 is 9.62 Å². The van der Waals surface area contributed by atoms with Crippen LogP contribution in [0.25, 0.3) is 0 Å². The Balaban J connectivity index is 2.07. The standard InChI is InChI=1S/C30H36ClN3O4S/c1-5-17-32-30(36)28(19-24-11-7-6-8-12-24)33(20-25-13-9-10-14-26(25)31)29(35)21-34(39(4,37)38)27-16-15-22(2)18-23(27)3/h6-16,18,28H,5,17,19-21H2,1-4H3,(H,32,36)/t28-/m0/s1. The molecule has 0 spiro atoms. The van der Waals surface area contributed by atoms with Crippen LogP contribution in [0.5, 0.6) is 0 Å². The van der Waals surface area contributed by atoms with Gasteiger partial charge in [-0.1, -0.05) is 84.8 Å². The lowest BCUT2D eigenvalue weighted by Gasteiger charge is -2.34. The lowest BCUT2D eigenvalue weighted by Crippen LogP contribution is -2.53. The molecular formula is C30H36ClN3O4S. The first-order valence-corrected chi connectivity index (χ1v) is 15.1. The summed E-state index contributed by atoms with van der Waals surface area (Å²) in [4.78, 5) is 29.0. The Kier molecular flexibility index (Phi) is 10.5. The Bertz CT molecular complexity index is 1400. The van der Waals surface area contributed by atoms with E-state index in [0.717, 1.165) is 33.7 Å². The van der Waals surface area contributed by atoms with Crippen molar-refractivity contribution < 1.29 is 18.0 Å². The third-order valence-corrected chi connectivity index (χ3v) is 7.91. The van der Waals surface area contributed by atoms with Crippen LogP contribution in [0.3, 0.4) is 0 Å². The maximum absolute atomic E-state index is 14.1. The molecule has 1 N–H and O–H groups in total. The number of carbonyl (C=O) groups excluding carboxylic acids is 2. The number of anilines is 1. The normalized spacial score (nSPS) is 12.0. The number of hydrogen-bond donors (Lipinski definition) is 1. The van der Waals surface area contributed by atoms with E-state index in [1.54, 1.807) is 24.3 Å². The molecule has 0 unspecified atom stereocenters. The van der Waals surface area contributed by atoms with Gasteiger partial charge in [-0.05, 0) is 49.1 Å². The van der Waals surface area contributed by atoms with Crippen LogP contribution >= 0.6 is 11.6 Å². The summed E-state index contributed by atoms with van der Waals surface area (Å²) in [7, 11) is -3.82. The van der Waals surface area contributed by atoms with Gasteiger partial charge in [-0.2, -0.15) is 0 Å². The van der Waals surface area contributed by atoms with Crippen LogP contribution in [0.1, 0.15) is 35.6 Å². The summed E-state index contributed by atoms with van der Waals surface area (Å²) in [5.41, 5.74) is 3.66. The smallest absolute Gasteiger partial charge is 0.244 e. The van der Waals surface area contributed by atoms with Gasteiger partial charge in [0, 0.05) is 24.5 Å². The van der Waals surface area contributed by atoms with E-state index in [2.05, 4.69) is 5.32 Å². The van der Waals surface area contributed by atoms with Gasteiger partial charge in [-0.3, -0.25) is 13.9 Å². The fourth-order valence-electron chi connectivity index (χ4n) is 4.41. The highest BCUT2D eigenvalue weighted by molar-refractivity contribution is 7.92. The molecule has 0 heterocycles. The SMILES string of the molecule is CCCNC(=O)[C@H](Cc1ccccc1)N(Cc1ccccc1Cl)C(=O)CN(c1ccc(C)cc1C)S(C)(=O)=O. The summed E-state index contributed by atoms with van der Waals surface area (Å²) in [6, 6.07) is 21.1. The van der Waals surface area contributed by atoms with Crippen molar-refractivity contribution in [2.24, 2.45) is 0 Å². The number of nitrogens with one attached hydrogen (secondary N) is 1. The van der Waals surface area contributed by atoms with Crippen LogP contribution in [0.4, 0.5) is 5.69 Å². The average molecular weight is 570 g/mol. The van der Waals surface area contributed by atoms with Crippen LogP contribution in [0.15, 0.2) is 72.8 Å². The number of nitrogens with zero attached hydrogens (tertiary/aromatic N) is 2. The van der Waals surface area contributed by atoms with Crippen molar-refractivity contribution in [3.63, 3.8) is 0 Å². The van der Waals surface area contributed by atoms with E-state index in [9.17, 15) is 18.0 Å². The van der Waals surface area contributed by atoms with E-state index >= 15 is 0 Å². The van der Waals surface area contributed by atoms with Gasteiger partial charge in [0.1, 0.15) is 12.6 Å². The van der Waals surface area contributed by atoms with E-state index in [1.165, 1.54) is 4.90 Å². The molecule has 0 saturated heterocycles. The van der Waals surface area contributed by atoms with Crippen molar-refractivity contribution in [2.45, 2.75) is 46.2 Å². The summed E-state index contributed by atoms with van der Waals surface area (Å²) in [6.45, 7) is 5.72. The number of aryl methyl sites for hydroxylation is 2. The van der Waals surface area contributed by atoms with Gasteiger partial charge in [0.05, 0.1) is 11.9 Å². The van der Waals surface area contributed by atoms with Crippen molar-refractivity contribution in [1.82, 2.24) is 10.2 Å². The Morgan fingerprint density at radius 1 is 0.974 bits per heavy atom. The molecule has 0 aromatic heterocycles. The van der Waals surface area contributed by atoms with E-state index in [1.807, 2.05) is 69.3 Å². The summed E-state index contributed by atoms with van der Waals surface area (Å²) >= 11 is 6.47. The van der Waals surface area contributed by atoms with Gasteiger partial charge in [-0.25, -0.2) is 8.42 Å². The summed E-state index contributed by atoms with van der Waals surface area (Å²) in [5, 5.41) is 3.38. The quantitative estimate of drug-likeness (QED) is 0.336. The molecule has 3 aromatic rings. The van der Waals surface area contributed by atoms with Crippen molar-refractivity contribution in [3.8, 4) is 0 Å². The molecule has 0 aliphatic heterocycles. The van der Waals surface area contributed by atoms with Crippen molar-refractivity contribution in [3.05, 3.63) is 100 Å². The zero-order valence-electron chi connectivity index (χ0n) is 22.9. The number of rotatable bonds is 12. The average Bonchev–Trinajstić information content (AvgIpc) is 2.89. The molecule has 0 aliphatic carbocycles. The topological polar surface area (TPSA) is 86.8 Å². The van der Waals surface area contributed by atoms with Crippen LogP contribution in [-0.4, -0.2) is 50.5 Å². The molecule has 3 rings (SSSR count). The largest absolute Gasteiger partial charge is 0.354 e. The number of carbonyl (C=O) groups is 2. The highest BCUT2D eigenvalue weighted by Crippen LogP contribution is 2.25. The minimum absolute atomic E-state index is 0.0417. The van der Waals surface area contributed by atoms with Crippen molar-refractivity contribution in [1.29, 1.82) is 0 Å². The predicted octanol–water partition coefficient (Wildman–Crippen LogP) is 4.89. The Labute approximate surface area is 236 Å². The second-order valence-electron chi connectivity index (χ2n) is 9.67. The maximum atomic E-state index is 14.1. The molecule has 0 radical (unpaired) electrons. The molecule has 9 heteroatoms. The zero-order chi connectivity index (χ0) is 28.6. The first kappa shape index (κ1) is 30.2. The van der Waals surface area contributed by atoms with Crippen LogP contribution in [0, 0.1) is 13.8 Å². The molecule has 3 aromatic carbocycles. The molecule has 7 nitrogen and oxygen atoms in total. The van der Waals surface area contributed by atoms with Gasteiger partial charge in [0.15, 0.2) is 0 Å². The number of benzene rings is 3. The summed E-state index contributed by atoms with van der Waals surface area (Å²) in [5.74, 6) is -0.813. The molecule has 1 atom stereocenters. The van der Waals surface area contributed by atoms with Gasteiger partial charge in [-0.15, -0.1) is 0 Å². The molecule has 208 valence electrons. The highest BCUT2D eigenvalue weighted by atomic mass is 35.5. The lowest BCUT2D eigenvalue weighted by molar-refractivity contribution is -0.140. The zero-order valence-corrected chi connectivity index (χ0v) is 24.4. The Hall–Kier alpha value is -3.36. The summed E-state index contributed by atoms with van der Waals surface area (Å²) in [6.07, 6.45) is 2.07. The van der Waals surface area contributed by atoms with Gasteiger partial charge in [0.2, 0.25) is 21.8 Å². The summed E-state index contributed by atoms with van der Waals surface area (Å²) < 4.78 is 27.0. The highest BCUT2D eigenvalue weighted by Gasteiger charge is 2.33. The first-order chi connectivity index (χ1) is 18.5. The third-order valence-electron chi connectivity index (χ3n) is 6.42. The first-order valence-electron chi connectivity index (χ1n) is 12.9. The second-order valence-corrected chi connectivity index (χ2v) is 12.0. The molecule has 39 heavy (non-hydrogen) atoms. The van der Waals surface area contributed by atoms with Crippen molar-refractivity contribution in [2.75, 3.05) is 23.7 Å². The fourth-order valence-corrected chi connectivity index (χ4v) is 5.51. The van der Waals surface area contributed by atoms with Gasteiger partial charge >= 0.3 is 0 Å². The molecule has 0 bridgehead atoms. The van der Waals surface area contributed by atoms with E-state index < -0.39 is 28.5 Å². The number of amides is 2. The van der Waals surface area contributed by atoms with Crippen molar-refractivity contribution >= 4 is 39.1 Å². The van der Waals surface area contributed by atoms with Crippen LogP contribution in [-0.2, 0) is 32.6 Å². The molecule has 0 saturated carbocycles. The number of hydrogen-bond acceptors (Lipinski definition) is 4. The molecular weight excluding hydrogens is 534 g/mol. The van der Waals surface area contributed by atoms with Gasteiger partial charge < -0.3 is 10.2 Å². The molecule has 0 aliphatic rings. The predicted molar refractivity (Wildman–Crippen MR) is 157 cm³/mol. The Morgan fingerprint density at radius 3 is 2.26 bits per heavy atom. The van der Waals surface area contributed by atoms with Crippen LogP contribution in [0.2, 0.25) is 5.02 Å². The minimum atomic E-state index is -3.82. The molecule has 0 fully saturated rings. The fraction of sp³-hybridized carbons (Fsp3) is 0.333. The van der Waals surface area contributed by atoms with E-state index in [-0.39, 0.29) is 18.9 Å². The lowest BCUT2D eigenvalue weighted by atomic mass is 10.0. The monoisotopic (exact) mass is 569 g/mol. The number of sulfonamides is 1. The third kappa shape index (κ3) is 8.31. The Morgan fingerprint density at radius 2 is 1.64 bits per heavy atom. The second kappa shape index (κ2) is 13.6. The molecule has 2 amide bonds. The van der Waals surface area contributed by atoms with E-state index in [4.69, 9.17) is 11.6 Å².